The van der Waals surface area contributed by atoms with Crippen LogP contribution in [0.3, 0.4) is 0 Å². The molecule has 0 bridgehead atoms. The average Bonchev–Trinajstić information content (AvgIpc) is 2.16. The maximum absolute atomic E-state index is 11.1. The summed E-state index contributed by atoms with van der Waals surface area (Å²) in [6.45, 7) is 8.40. The summed E-state index contributed by atoms with van der Waals surface area (Å²) in [4.78, 5) is 22.0. The number of esters is 2. The van der Waals surface area contributed by atoms with Crippen molar-refractivity contribution in [3.63, 3.8) is 0 Å². The highest BCUT2D eigenvalue weighted by molar-refractivity contribution is 5.87. The molecular formula is C10H16O4. The Morgan fingerprint density at radius 2 is 1.86 bits per heavy atom. The van der Waals surface area contributed by atoms with E-state index in [1.54, 1.807) is 13.8 Å². The van der Waals surface area contributed by atoms with Crippen LogP contribution in [-0.4, -0.2) is 18.2 Å². The van der Waals surface area contributed by atoms with Crippen molar-refractivity contribution in [2.75, 3.05) is 0 Å². The van der Waals surface area contributed by atoms with Crippen LogP contribution in [0.5, 0.6) is 0 Å². The van der Waals surface area contributed by atoms with Crippen molar-refractivity contribution < 1.29 is 19.1 Å². The minimum Gasteiger partial charge on any atom is -0.425 e. The van der Waals surface area contributed by atoms with E-state index >= 15 is 0 Å². The lowest BCUT2D eigenvalue weighted by atomic mass is 10.3. The molecule has 0 fully saturated rings. The summed E-state index contributed by atoms with van der Waals surface area (Å²) in [5.41, 5.74) is 0.288. The van der Waals surface area contributed by atoms with Crippen LogP contribution in [0, 0.1) is 0 Å². The van der Waals surface area contributed by atoms with Crippen LogP contribution >= 0.6 is 0 Å². The predicted molar refractivity (Wildman–Crippen MR) is 51.4 cm³/mol. The highest BCUT2D eigenvalue weighted by atomic mass is 16.7. The largest absolute Gasteiger partial charge is 0.425 e. The molecule has 0 saturated heterocycles. The maximum atomic E-state index is 11.1. The molecule has 4 heteroatoms. The molecule has 0 rings (SSSR count). The normalized spacial score (nSPS) is 11.6. The van der Waals surface area contributed by atoms with E-state index in [1.165, 1.54) is 6.92 Å². The third-order valence-corrected chi connectivity index (χ3v) is 1.47. The van der Waals surface area contributed by atoms with Gasteiger partial charge in [0.1, 0.15) is 0 Å². The molecule has 0 aliphatic heterocycles. The van der Waals surface area contributed by atoms with Crippen molar-refractivity contribution in [1.82, 2.24) is 0 Å². The first-order chi connectivity index (χ1) is 6.51. The maximum Gasteiger partial charge on any atom is 0.336 e. The Kier molecular flexibility index (Phi) is 5.60. The van der Waals surface area contributed by atoms with Crippen LogP contribution < -0.4 is 0 Å². The van der Waals surface area contributed by atoms with Crippen molar-refractivity contribution in [1.29, 1.82) is 0 Å². The van der Waals surface area contributed by atoms with Gasteiger partial charge in [-0.25, -0.2) is 4.79 Å². The van der Waals surface area contributed by atoms with E-state index in [4.69, 9.17) is 9.47 Å². The summed E-state index contributed by atoms with van der Waals surface area (Å²) >= 11 is 0. The van der Waals surface area contributed by atoms with Crippen LogP contribution in [-0.2, 0) is 19.1 Å². The Balaban J connectivity index is 4.09. The predicted octanol–water partition coefficient (Wildman–Crippen LogP) is 1.79. The van der Waals surface area contributed by atoms with E-state index in [0.717, 1.165) is 0 Å². The van der Waals surface area contributed by atoms with Gasteiger partial charge in [0.2, 0.25) is 6.29 Å². The summed E-state index contributed by atoms with van der Waals surface area (Å²) in [7, 11) is 0. The topological polar surface area (TPSA) is 52.6 Å². The number of carbonyl (C=O) groups is 2. The van der Waals surface area contributed by atoms with Gasteiger partial charge in [0.15, 0.2) is 0 Å². The lowest BCUT2D eigenvalue weighted by molar-refractivity contribution is -0.185. The molecule has 0 aromatic heterocycles. The summed E-state index contributed by atoms with van der Waals surface area (Å²) < 4.78 is 9.70. The average molecular weight is 200 g/mol. The van der Waals surface area contributed by atoms with Gasteiger partial charge >= 0.3 is 11.9 Å². The van der Waals surface area contributed by atoms with Crippen molar-refractivity contribution in [2.45, 2.75) is 39.9 Å². The first kappa shape index (κ1) is 12.7. The van der Waals surface area contributed by atoms with E-state index in [9.17, 15) is 9.59 Å². The van der Waals surface area contributed by atoms with Gasteiger partial charge in [0, 0.05) is 18.4 Å². The molecule has 1 atom stereocenters. The summed E-state index contributed by atoms with van der Waals surface area (Å²) in [5, 5.41) is 0. The number of carbonyl (C=O) groups excluding carboxylic acids is 2. The summed E-state index contributed by atoms with van der Waals surface area (Å²) in [6, 6.07) is 0. The van der Waals surface area contributed by atoms with Gasteiger partial charge in [-0.1, -0.05) is 20.4 Å². The fourth-order valence-electron chi connectivity index (χ4n) is 0.641. The second-order valence-corrected chi connectivity index (χ2v) is 2.87. The highest BCUT2D eigenvalue weighted by Crippen LogP contribution is 2.05. The van der Waals surface area contributed by atoms with Crippen LogP contribution in [0.15, 0.2) is 12.2 Å². The smallest absolute Gasteiger partial charge is 0.336 e. The Hall–Kier alpha value is -1.32. The first-order valence-electron chi connectivity index (χ1n) is 4.57. The van der Waals surface area contributed by atoms with Crippen molar-refractivity contribution in [3.8, 4) is 0 Å². The molecule has 0 spiro atoms. The van der Waals surface area contributed by atoms with Gasteiger partial charge in [-0.3, -0.25) is 4.79 Å². The standard InChI is InChI=1S/C10H16O4/c1-5-8(11)13-9(6-2)14-10(12)7(3)4/h9H,3,5-6H2,1-2,4H3. The number of ether oxygens (including phenoxy) is 2. The van der Waals surface area contributed by atoms with Gasteiger partial charge in [0.05, 0.1) is 0 Å². The molecule has 0 saturated carbocycles. The van der Waals surface area contributed by atoms with Gasteiger partial charge in [-0.15, -0.1) is 0 Å². The Bertz CT molecular complexity index is 232. The molecule has 0 aliphatic rings. The van der Waals surface area contributed by atoms with E-state index in [2.05, 4.69) is 6.58 Å². The first-order valence-corrected chi connectivity index (χ1v) is 4.57. The van der Waals surface area contributed by atoms with Crippen LogP contribution in [0.25, 0.3) is 0 Å². The van der Waals surface area contributed by atoms with Gasteiger partial charge in [-0.05, 0) is 6.92 Å². The zero-order chi connectivity index (χ0) is 11.1. The summed E-state index contributed by atoms with van der Waals surface area (Å²) in [6.07, 6.45) is -0.0991. The van der Waals surface area contributed by atoms with Gasteiger partial charge in [-0.2, -0.15) is 0 Å². The van der Waals surface area contributed by atoms with Crippen molar-refractivity contribution >= 4 is 11.9 Å². The van der Waals surface area contributed by atoms with E-state index in [-0.39, 0.29) is 18.0 Å². The highest BCUT2D eigenvalue weighted by Gasteiger charge is 2.16. The molecule has 4 nitrogen and oxygen atoms in total. The van der Waals surface area contributed by atoms with Crippen molar-refractivity contribution in [2.24, 2.45) is 0 Å². The van der Waals surface area contributed by atoms with E-state index in [0.29, 0.717) is 6.42 Å². The fraction of sp³-hybridized carbons (Fsp3) is 0.600. The second kappa shape index (κ2) is 6.18. The monoisotopic (exact) mass is 200 g/mol. The molecule has 0 heterocycles. The molecule has 1 unspecified atom stereocenters. The molecule has 14 heavy (non-hydrogen) atoms. The molecule has 0 aromatic rings. The Labute approximate surface area is 83.9 Å². The minimum atomic E-state index is -0.799. The zero-order valence-electron chi connectivity index (χ0n) is 8.83. The Morgan fingerprint density at radius 3 is 2.21 bits per heavy atom. The quantitative estimate of drug-likeness (QED) is 0.385. The molecule has 0 aromatic carbocycles. The van der Waals surface area contributed by atoms with E-state index in [1.807, 2.05) is 0 Å². The third-order valence-electron chi connectivity index (χ3n) is 1.47. The van der Waals surface area contributed by atoms with Crippen LogP contribution in [0.4, 0.5) is 0 Å². The van der Waals surface area contributed by atoms with E-state index < -0.39 is 12.3 Å². The van der Waals surface area contributed by atoms with Gasteiger partial charge < -0.3 is 9.47 Å². The molecule has 0 amide bonds. The molecule has 80 valence electrons. The number of hydrogen-bond donors (Lipinski definition) is 0. The SMILES string of the molecule is C=C(C)C(=O)OC(CC)OC(=O)CC. The molecule has 0 radical (unpaired) electrons. The molecular weight excluding hydrogens is 184 g/mol. The fourth-order valence-corrected chi connectivity index (χ4v) is 0.641. The Morgan fingerprint density at radius 1 is 1.29 bits per heavy atom. The second-order valence-electron chi connectivity index (χ2n) is 2.87. The molecule has 0 aliphatic carbocycles. The van der Waals surface area contributed by atoms with Crippen LogP contribution in [0.1, 0.15) is 33.6 Å². The minimum absolute atomic E-state index is 0.265. The van der Waals surface area contributed by atoms with Gasteiger partial charge in [0.25, 0.3) is 0 Å². The zero-order valence-corrected chi connectivity index (χ0v) is 8.83. The summed E-state index contributed by atoms with van der Waals surface area (Å²) in [5.74, 6) is -0.924. The lowest BCUT2D eigenvalue weighted by Gasteiger charge is -2.16. The lowest BCUT2D eigenvalue weighted by Crippen LogP contribution is -2.23. The number of hydrogen-bond acceptors (Lipinski definition) is 4. The van der Waals surface area contributed by atoms with Crippen molar-refractivity contribution in [3.05, 3.63) is 12.2 Å². The third kappa shape index (κ3) is 4.64. The number of rotatable bonds is 5. The molecule has 0 N–H and O–H groups in total. The van der Waals surface area contributed by atoms with Crippen LogP contribution in [0.2, 0.25) is 0 Å².